The van der Waals surface area contributed by atoms with Crippen molar-refractivity contribution < 1.29 is 9.18 Å². The molecule has 0 aromatic heterocycles. The van der Waals surface area contributed by atoms with Crippen LogP contribution in [-0.4, -0.2) is 5.78 Å². The molecule has 15 heavy (non-hydrogen) atoms. The molecule has 3 heteroatoms. The molecule has 0 atom stereocenters. The lowest BCUT2D eigenvalue weighted by Crippen LogP contribution is -1.96. The Labute approximate surface area is 97.8 Å². The van der Waals surface area contributed by atoms with Crippen molar-refractivity contribution in [2.45, 2.75) is 32.6 Å². The third-order valence-corrected chi connectivity index (χ3v) is 2.91. The van der Waals surface area contributed by atoms with Crippen molar-refractivity contribution in [1.29, 1.82) is 0 Å². The number of aryl methyl sites for hydroxylation is 1. The fourth-order valence-corrected chi connectivity index (χ4v) is 1.79. The van der Waals surface area contributed by atoms with Crippen molar-refractivity contribution in [2.75, 3.05) is 0 Å². The summed E-state index contributed by atoms with van der Waals surface area (Å²) < 4.78 is 13.4. The molecule has 1 rings (SSSR count). The van der Waals surface area contributed by atoms with Crippen LogP contribution in [-0.2, 0) is 11.2 Å². The number of Topliss-reactive ketones (excluding diaryl/α,β-unsaturated/α-hetero) is 1. The number of halogens is 2. The van der Waals surface area contributed by atoms with Crippen LogP contribution in [0.15, 0.2) is 22.7 Å². The summed E-state index contributed by atoms with van der Waals surface area (Å²) in [6.07, 6.45) is 2.88. The summed E-state index contributed by atoms with van der Waals surface area (Å²) in [6.45, 7) is 1.87. The minimum absolute atomic E-state index is 0.247. The van der Waals surface area contributed by atoms with E-state index >= 15 is 0 Å². The van der Waals surface area contributed by atoms with E-state index in [0.717, 1.165) is 18.4 Å². The summed E-state index contributed by atoms with van der Waals surface area (Å²) in [5.74, 6) is 0.0413. The van der Waals surface area contributed by atoms with Crippen LogP contribution in [0.25, 0.3) is 0 Å². The minimum atomic E-state index is -0.247. The molecule has 1 aromatic carbocycles. The first-order valence-corrected chi connectivity index (χ1v) is 5.88. The SMILES string of the molecule is CCC(=O)CCCc1ccc(F)c(Br)c1. The summed E-state index contributed by atoms with van der Waals surface area (Å²) in [5.41, 5.74) is 1.06. The van der Waals surface area contributed by atoms with Crippen LogP contribution in [0, 0.1) is 5.82 Å². The Kier molecular flexibility index (Phi) is 4.95. The summed E-state index contributed by atoms with van der Waals surface area (Å²) in [6, 6.07) is 4.98. The highest BCUT2D eigenvalue weighted by Crippen LogP contribution is 2.18. The van der Waals surface area contributed by atoms with E-state index in [1.165, 1.54) is 6.07 Å². The minimum Gasteiger partial charge on any atom is -0.300 e. The van der Waals surface area contributed by atoms with Gasteiger partial charge in [0.2, 0.25) is 0 Å². The summed E-state index contributed by atoms with van der Waals surface area (Å²) >= 11 is 3.14. The Morgan fingerprint density at radius 1 is 1.47 bits per heavy atom. The van der Waals surface area contributed by atoms with Gasteiger partial charge in [-0.3, -0.25) is 4.79 Å². The smallest absolute Gasteiger partial charge is 0.137 e. The van der Waals surface area contributed by atoms with Crippen molar-refractivity contribution in [1.82, 2.24) is 0 Å². The average molecular weight is 273 g/mol. The van der Waals surface area contributed by atoms with Gasteiger partial charge in [-0.05, 0) is 46.5 Å². The Hall–Kier alpha value is -0.700. The Morgan fingerprint density at radius 2 is 2.20 bits per heavy atom. The summed E-state index contributed by atoms with van der Waals surface area (Å²) in [5, 5.41) is 0. The maximum absolute atomic E-state index is 12.9. The molecule has 1 aromatic rings. The highest BCUT2D eigenvalue weighted by atomic mass is 79.9. The van der Waals surface area contributed by atoms with Gasteiger partial charge < -0.3 is 0 Å². The topological polar surface area (TPSA) is 17.1 Å². The maximum Gasteiger partial charge on any atom is 0.137 e. The number of carbonyl (C=O) groups excluding carboxylic acids is 1. The molecule has 0 aliphatic heterocycles. The van der Waals surface area contributed by atoms with Gasteiger partial charge in [0.1, 0.15) is 11.6 Å². The average Bonchev–Trinajstić information content (AvgIpc) is 2.23. The molecular weight excluding hydrogens is 259 g/mol. The number of hydrogen-bond acceptors (Lipinski definition) is 1. The van der Waals surface area contributed by atoms with Crippen LogP contribution in [0.2, 0.25) is 0 Å². The van der Waals surface area contributed by atoms with Crippen LogP contribution in [0.3, 0.4) is 0 Å². The predicted molar refractivity (Wildman–Crippen MR) is 62.3 cm³/mol. The van der Waals surface area contributed by atoms with Gasteiger partial charge in [-0.15, -0.1) is 0 Å². The number of benzene rings is 1. The lowest BCUT2D eigenvalue weighted by atomic mass is 10.1. The molecule has 0 spiro atoms. The first-order valence-electron chi connectivity index (χ1n) is 5.09. The van der Waals surface area contributed by atoms with Crippen LogP contribution >= 0.6 is 15.9 Å². The predicted octanol–water partition coefficient (Wildman–Crippen LogP) is 3.89. The second kappa shape index (κ2) is 6.01. The molecule has 0 saturated heterocycles. The first-order chi connectivity index (χ1) is 7.13. The molecule has 0 bridgehead atoms. The molecule has 0 fully saturated rings. The molecule has 0 aliphatic carbocycles. The van der Waals surface area contributed by atoms with E-state index in [0.29, 0.717) is 17.3 Å². The van der Waals surface area contributed by atoms with Crippen molar-refractivity contribution in [3.63, 3.8) is 0 Å². The molecular formula is C12H14BrFO. The van der Waals surface area contributed by atoms with Gasteiger partial charge in [-0.2, -0.15) is 0 Å². The van der Waals surface area contributed by atoms with E-state index in [2.05, 4.69) is 15.9 Å². The summed E-state index contributed by atoms with van der Waals surface area (Å²) in [7, 11) is 0. The van der Waals surface area contributed by atoms with Gasteiger partial charge in [-0.25, -0.2) is 4.39 Å². The first kappa shape index (κ1) is 12.4. The second-order valence-electron chi connectivity index (χ2n) is 3.49. The molecule has 0 N–H and O–H groups in total. The van der Waals surface area contributed by atoms with Crippen molar-refractivity contribution in [3.8, 4) is 0 Å². The Bertz CT molecular complexity index is 349. The zero-order valence-electron chi connectivity index (χ0n) is 8.72. The maximum atomic E-state index is 12.9. The molecule has 0 radical (unpaired) electrons. The molecule has 82 valence electrons. The lowest BCUT2D eigenvalue weighted by Gasteiger charge is -2.02. The quantitative estimate of drug-likeness (QED) is 0.795. The fraction of sp³-hybridized carbons (Fsp3) is 0.417. The fourth-order valence-electron chi connectivity index (χ4n) is 1.36. The van der Waals surface area contributed by atoms with Gasteiger partial charge in [0.05, 0.1) is 4.47 Å². The van der Waals surface area contributed by atoms with E-state index in [4.69, 9.17) is 0 Å². The Morgan fingerprint density at radius 3 is 2.80 bits per heavy atom. The highest BCUT2D eigenvalue weighted by Gasteiger charge is 2.02. The van der Waals surface area contributed by atoms with E-state index < -0.39 is 0 Å². The molecule has 0 amide bonds. The zero-order chi connectivity index (χ0) is 11.3. The van der Waals surface area contributed by atoms with Crippen molar-refractivity contribution in [2.24, 2.45) is 0 Å². The monoisotopic (exact) mass is 272 g/mol. The van der Waals surface area contributed by atoms with Crippen LogP contribution in [0.4, 0.5) is 4.39 Å². The highest BCUT2D eigenvalue weighted by molar-refractivity contribution is 9.10. The normalized spacial score (nSPS) is 10.3. The largest absolute Gasteiger partial charge is 0.300 e. The molecule has 0 unspecified atom stereocenters. The van der Waals surface area contributed by atoms with Gasteiger partial charge in [-0.1, -0.05) is 13.0 Å². The van der Waals surface area contributed by atoms with Gasteiger partial charge >= 0.3 is 0 Å². The van der Waals surface area contributed by atoms with E-state index in [-0.39, 0.29) is 11.6 Å². The van der Waals surface area contributed by atoms with E-state index in [1.54, 1.807) is 12.1 Å². The Balaban J connectivity index is 2.44. The van der Waals surface area contributed by atoms with E-state index in [9.17, 15) is 9.18 Å². The zero-order valence-corrected chi connectivity index (χ0v) is 10.3. The van der Waals surface area contributed by atoms with Crippen molar-refractivity contribution in [3.05, 3.63) is 34.1 Å². The van der Waals surface area contributed by atoms with Crippen molar-refractivity contribution >= 4 is 21.7 Å². The number of hydrogen-bond donors (Lipinski definition) is 0. The molecule has 1 nitrogen and oxygen atoms in total. The van der Waals surface area contributed by atoms with Crippen LogP contribution in [0.1, 0.15) is 31.7 Å². The molecule has 0 aliphatic rings. The van der Waals surface area contributed by atoms with Gasteiger partial charge in [0.15, 0.2) is 0 Å². The van der Waals surface area contributed by atoms with E-state index in [1.807, 2.05) is 6.92 Å². The number of carbonyl (C=O) groups is 1. The third kappa shape index (κ3) is 4.12. The van der Waals surface area contributed by atoms with Crippen LogP contribution in [0.5, 0.6) is 0 Å². The van der Waals surface area contributed by atoms with Gasteiger partial charge in [0.25, 0.3) is 0 Å². The molecule has 0 heterocycles. The number of ketones is 1. The lowest BCUT2D eigenvalue weighted by molar-refractivity contribution is -0.118. The summed E-state index contributed by atoms with van der Waals surface area (Å²) in [4.78, 5) is 11.1. The van der Waals surface area contributed by atoms with Gasteiger partial charge in [0, 0.05) is 12.8 Å². The third-order valence-electron chi connectivity index (χ3n) is 2.30. The standard InChI is InChI=1S/C12H14BrFO/c1-2-10(15)5-3-4-9-6-7-12(14)11(13)8-9/h6-8H,2-5H2,1H3. The number of rotatable bonds is 5. The second-order valence-corrected chi connectivity index (χ2v) is 4.35. The molecule has 0 saturated carbocycles. The van der Waals surface area contributed by atoms with Crippen LogP contribution < -0.4 is 0 Å².